The number of hydrogen-bond donors (Lipinski definition) is 1. The number of anilines is 1. The normalized spacial score (nSPS) is 11.5. The fourth-order valence-electron chi connectivity index (χ4n) is 1.35. The van der Waals surface area contributed by atoms with Gasteiger partial charge >= 0.3 is 0 Å². The first-order valence-electron chi connectivity index (χ1n) is 5.27. The summed E-state index contributed by atoms with van der Waals surface area (Å²) < 4.78 is 38.6. The van der Waals surface area contributed by atoms with Gasteiger partial charge in [-0.1, -0.05) is 0 Å². The van der Waals surface area contributed by atoms with Crippen LogP contribution in [0.15, 0.2) is 18.2 Å². The Labute approximate surface area is 106 Å². The van der Waals surface area contributed by atoms with E-state index in [0.717, 1.165) is 0 Å². The molecule has 0 aromatic heterocycles. The second-order valence-corrected chi connectivity index (χ2v) is 6.00. The SMILES string of the molecule is Cc1cc(F)ccc1NS(=O)(=O)CCCCCl. The van der Waals surface area contributed by atoms with Crippen LogP contribution in [0.5, 0.6) is 0 Å². The van der Waals surface area contributed by atoms with Gasteiger partial charge in [0.2, 0.25) is 10.0 Å². The molecule has 0 radical (unpaired) electrons. The zero-order chi connectivity index (χ0) is 12.9. The van der Waals surface area contributed by atoms with Gasteiger partial charge in [-0.25, -0.2) is 12.8 Å². The van der Waals surface area contributed by atoms with E-state index in [9.17, 15) is 12.8 Å². The summed E-state index contributed by atoms with van der Waals surface area (Å²) in [5.41, 5.74) is 0.975. The van der Waals surface area contributed by atoms with Crippen molar-refractivity contribution in [1.82, 2.24) is 0 Å². The molecule has 0 saturated heterocycles. The van der Waals surface area contributed by atoms with E-state index >= 15 is 0 Å². The molecule has 0 saturated carbocycles. The number of benzene rings is 1. The first-order valence-corrected chi connectivity index (χ1v) is 7.46. The summed E-state index contributed by atoms with van der Waals surface area (Å²) in [7, 11) is -3.37. The van der Waals surface area contributed by atoms with Crippen LogP contribution in [-0.2, 0) is 10.0 Å². The molecule has 1 aromatic carbocycles. The number of nitrogens with one attached hydrogen (secondary N) is 1. The molecular formula is C11H15ClFNO2S. The van der Waals surface area contributed by atoms with E-state index < -0.39 is 10.0 Å². The van der Waals surface area contributed by atoms with Crippen LogP contribution < -0.4 is 4.72 Å². The maximum Gasteiger partial charge on any atom is 0.232 e. The van der Waals surface area contributed by atoms with Gasteiger partial charge in [-0.15, -0.1) is 11.6 Å². The monoisotopic (exact) mass is 279 g/mol. The van der Waals surface area contributed by atoms with Crippen LogP contribution in [0.1, 0.15) is 18.4 Å². The average Bonchev–Trinajstić information content (AvgIpc) is 2.22. The average molecular weight is 280 g/mol. The van der Waals surface area contributed by atoms with E-state index in [2.05, 4.69) is 4.72 Å². The fraction of sp³-hybridized carbons (Fsp3) is 0.455. The summed E-state index contributed by atoms with van der Waals surface area (Å²) in [4.78, 5) is 0. The van der Waals surface area contributed by atoms with Gasteiger partial charge in [-0.05, 0) is 43.5 Å². The Kier molecular flexibility index (Phi) is 5.21. The Morgan fingerprint density at radius 1 is 1.35 bits per heavy atom. The predicted octanol–water partition coefficient (Wildman–Crippen LogP) is 2.89. The second-order valence-electron chi connectivity index (χ2n) is 3.78. The third kappa shape index (κ3) is 4.91. The minimum atomic E-state index is -3.37. The van der Waals surface area contributed by atoms with E-state index in [4.69, 9.17) is 11.6 Å². The van der Waals surface area contributed by atoms with Gasteiger partial charge in [0, 0.05) is 5.88 Å². The van der Waals surface area contributed by atoms with E-state index in [1.807, 2.05) is 0 Å². The highest BCUT2D eigenvalue weighted by atomic mass is 35.5. The second kappa shape index (κ2) is 6.21. The molecule has 6 heteroatoms. The van der Waals surface area contributed by atoms with Crippen LogP contribution in [0.25, 0.3) is 0 Å². The number of alkyl halides is 1. The predicted molar refractivity (Wildman–Crippen MR) is 68.5 cm³/mol. The maximum atomic E-state index is 12.8. The van der Waals surface area contributed by atoms with E-state index in [1.54, 1.807) is 6.92 Å². The van der Waals surface area contributed by atoms with Crippen LogP contribution in [0, 0.1) is 12.7 Å². The van der Waals surface area contributed by atoms with Crippen molar-refractivity contribution < 1.29 is 12.8 Å². The molecule has 1 aromatic rings. The molecular weight excluding hydrogens is 265 g/mol. The molecule has 1 N–H and O–H groups in total. The first-order chi connectivity index (χ1) is 7.94. The van der Waals surface area contributed by atoms with Crippen molar-refractivity contribution in [3.8, 4) is 0 Å². The molecule has 0 spiro atoms. The molecule has 1 rings (SSSR count). The molecule has 96 valence electrons. The zero-order valence-corrected chi connectivity index (χ0v) is 11.1. The summed E-state index contributed by atoms with van der Waals surface area (Å²) in [5, 5.41) is 0. The van der Waals surface area contributed by atoms with Gasteiger partial charge in [-0.3, -0.25) is 4.72 Å². The number of hydrogen-bond acceptors (Lipinski definition) is 2. The molecule has 17 heavy (non-hydrogen) atoms. The molecule has 0 bridgehead atoms. The standard InChI is InChI=1S/C11H15ClFNO2S/c1-9-8-10(13)4-5-11(9)14-17(15,16)7-3-2-6-12/h4-5,8,14H,2-3,6-7H2,1H3. The smallest absolute Gasteiger partial charge is 0.232 e. The summed E-state index contributed by atoms with van der Waals surface area (Å²) >= 11 is 5.48. The Morgan fingerprint density at radius 3 is 2.65 bits per heavy atom. The third-order valence-corrected chi connectivity index (χ3v) is 3.87. The maximum absolute atomic E-state index is 12.8. The van der Waals surface area contributed by atoms with Gasteiger partial charge < -0.3 is 0 Å². The lowest BCUT2D eigenvalue weighted by Gasteiger charge is -2.10. The first kappa shape index (κ1) is 14.3. The van der Waals surface area contributed by atoms with Crippen molar-refractivity contribution in [1.29, 1.82) is 0 Å². The summed E-state index contributed by atoms with van der Waals surface area (Å²) in [5.74, 6) is 0.0920. The quantitative estimate of drug-likeness (QED) is 0.643. The highest BCUT2D eigenvalue weighted by molar-refractivity contribution is 7.92. The number of sulfonamides is 1. The molecule has 0 unspecified atom stereocenters. The molecule has 0 amide bonds. The summed E-state index contributed by atoms with van der Waals surface area (Å²) in [6, 6.07) is 3.93. The Balaban J connectivity index is 2.69. The van der Waals surface area contributed by atoms with E-state index in [0.29, 0.717) is 30.0 Å². The Hall–Kier alpha value is -0.810. The van der Waals surface area contributed by atoms with Gasteiger partial charge in [-0.2, -0.15) is 0 Å². The third-order valence-electron chi connectivity index (χ3n) is 2.25. The van der Waals surface area contributed by atoms with Crippen LogP contribution in [0.2, 0.25) is 0 Å². The van der Waals surface area contributed by atoms with E-state index in [1.165, 1.54) is 18.2 Å². The van der Waals surface area contributed by atoms with Gasteiger partial charge in [0.1, 0.15) is 5.82 Å². The van der Waals surface area contributed by atoms with Crippen LogP contribution >= 0.6 is 11.6 Å². The lowest BCUT2D eigenvalue weighted by atomic mass is 10.2. The van der Waals surface area contributed by atoms with Crippen molar-refractivity contribution in [2.24, 2.45) is 0 Å². The molecule has 0 atom stereocenters. The van der Waals surface area contributed by atoms with Crippen molar-refractivity contribution in [2.45, 2.75) is 19.8 Å². The lowest BCUT2D eigenvalue weighted by molar-refractivity contribution is 0.597. The highest BCUT2D eigenvalue weighted by Gasteiger charge is 2.11. The fourth-order valence-corrected chi connectivity index (χ4v) is 2.79. The van der Waals surface area contributed by atoms with Crippen molar-refractivity contribution >= 4 is 27.3 Å². The van der Waals surface area contributed by atoms with Crippen LogP contribution in [0.4, 0.5) is 10.1 Å². The number of rotatable bonds is 6. The largest absolute Gasteiger partial charge is 0.283 e. The number of halogens is 2. The molecule has 0 fully saturated rings. The van der Waals surface area contributed by atoms with Gasteiger partial charge in [0.15, 0.2) is 0 Å². The topological polar surface area (TPSA) is 46.2 Å². The number of unbranched alkanes of at least 4 members (excludes halogenated alkanes) is 1. The van der Waals surface area contributed by atoms with Crippen molar-refractivity contribution in [2.75, 3.05) is 16.4 Å². The molecule has 3 nitrogen and oxygen atoms in total. The molecule has 0 heterocycles. The summed E-state index contributed by atoms with van der Waals surface area (Å²) in [6.45, 7) is 1.65. The van der Waals surface area contributed by atoms with Crippen LogP contribution in [-0.4, -0.2) is 20.1 Å². The van der Waals surface area contributed by atoms with Crippen molar-refractivity contribution in [3.05, 3.63) is 29.6 Å². The van der Waals surface area contributed by atoms with E-state index in [-0.39, 0.29) is 11.6 Å². The lowest BCUT2D eigenvalue weighted by Crippen LogP contribution is -2.17. The molecule has 0 aliphatic heterocycles. The Bertz CT molecular complexity index is 476. The minimum absolute atomic E-state index is 0.0243. The minimum Gasteiger partial charge on any atom is -0.283 e. The van der Waals surface area contributed by atoms with Crippen molar-refractivity contribution in [3.63, 3.8) is 0 Å². The highest BCUT2D eigenvalue weighted by Crippen LogP contribution is 2.17. The molecule has 0 aliphatic rings. The van der Waals surface area contributed by atoms with Crippen LogP contribution in [0.3, 0.4) is 0 Å². The molecule has 0 aliphatic carbocycles. The Morgan fingerprint density at radius 2 is 2.06 bits per heavy atom. The number of aryl methyl sites for hydroxylation is 1. The van der Waals surface area contributed by atoms with Gasteiger partial charge in [0.05, 0.1) is 11.4 Å². The van der Waals surface area contributed by atoms with Gasteiger partial charge in [0.25, 0.3) is 0 Å². The zero-order valence-electron chi connectivity index (χ0n) is 9.54. The summed E-state index contributed by atoms with van der Waals surface area (Å²) in [6.07, 6.45) is 1.17.